The number of hydrogen-bond donors (Lipinski definition) is 1. The number of anilines is 1. The van der Waals surface area contributed by atoms with Gasteiger partial charge in [0, 0.05) is 18.3 Å². The van der Waals surface area contributed by atoms with E-state index in [4.69, 9.17) is 5.73 Å². The number of nitrogens with zero attached hydrogens (tertiary/aromatic N) is 3. The summed E-state index contributed by atoms with van der Waals surface area (Å²) in [6, 6.07) is 4.79. The largest absolute Gasteiger partial charge is 0.367 e. The summed E-state index contributed by atoms with van der Waals surface area (Å²) in [4.78, 5) is 6.72. The Morgan fingerprint density at radius 3 is 2.84 bits per heavy atom. The molecule has 4 heteroatoms. The van der Waals surface area contributed by atoms with E-state index in [0.717, 1.165) is 30.0 Å². The van der Waals surface area contributed by atoms with Crippen molar-refractivity contribution in [1.29, 1.82) is 5.26 Å². The van der Waals surface area contributed by atoms with Gasteiger partial charge in [-0.05, 0) is 52.1 Å². The molecule has 0 bridgehead atoms. The number of nitrogens with two attached hydrogens (primary N) is 1. The van der Waals surface area contributed by atoms with Gasteiger partial charge in [0.25, 0.3) is 0 Å². The molecule has 4 nitrogen and oxygen atoms in total. The minimum atomic E-state index is 0.455. The zero-order valence-electron chi connectivity index (χ0n) is 12.0. The minimum Gasteiger partial charge on any atom is -0.367 e. The van der Waals surface area contributed by atoms with Crippen LogP contribution < -0.4 is 10.6 Å². The second-order valence-corrected chi connectivity index (χ2v) is 5.54. The molecule has 19 heavy (non-hydrogen) atoms. The van der Waals surface area contributed by atoms with Gasteiger partial charge in [0.2, 0.25) is 0 Å². The van der Waals surface area contributed by atoms with E-state index < -0.39 is 0 Å². The van der Waals surface area contributed by atoms with E-state index in [0.29, 0.717) is 24.1 Å². The van der Waals surface area contributed by atoms with Crippen molar-refractivity contribution < 1.29 is 0 Å². The van der Waals surface area contributed by atoms with Gasteiger partial charge in [-0.15, -0.1) is 0 Å². The van der Waals surface area contributed by atoms with Crippen molar-refractivity contribution in [3.8, 4) is 6.07 Å². The quantitative estimate of drug-likeness (QED) is 0.882. The van der Waals surface area contributed by atoms with E-state index in [9.17, 15) is 5.26 Å². The predicted molar refractivity (Wildman–Crippen MR) is 77.0 cm³/mol. The van der Waals surface area contributed by atoms with Crippen molar-refractivity contribution in [2.24, 2.45) is 11.7 Å². The van der Waals surface area contributed by atoms with Gasteiger partial charge >= 0.3 is 0 Å². The van der Waals surface area contributed by atoms with Crippen LogP contribution in [0.1, 0.15) is 36.7 Å². The van der Waals surface area contributed by atoms with Crippen LogP contribution in [-0.2, 0) is 0 Å². The molecule has 1 aromatic rings. The van der Waals surface area contributed by atoms with Gasteiger partial charge in [0.05, 0.1) is 16.9 Å². The topological polar surface area (TPSA) is 65.9 Å². The maximum atomic E-state index is 9.39. The van der Waals surface area contributed by atoms with Crippen molar-refractivity contribution in [3.63, 3.8) is 0 Å². The van der Waals surface area contributed by atoms with Crippen LogP contribution in [0.25, 0.3) is 0 Å². The normalized spacial score (nSPS) is 23.2. The van der Waals surface area contributed by atoms with Crippen molar-refractivity contribution in [1.82, 2.24) is 4.98 Å². The summed E-state index contributed by atoms with van der Waals surface area (Å²) in [6.45, 7) is 7.76. The monoisotopic (exact) mass is 258 g/mol. The molecule has 1 aliphatic rings. The molecule has 0 spiro atoms. The molecule has 0 radical (unpaired) electrons. The Morgan fingerprint density at radius 2 is 2.21 bits per heavy atom. The molecule has 1 aliphatic heterocycles. The zero-order valence-corrected chi connectivity index (χ0v) is 12.0. The maximum absolute atomic E-state index is 9.39. The van der Waals surface area contributed by atoms with Crippen LogP contribution in [0.4, 0.5) is 5.69 Å². The van der Waals surface area contributed by atoms with E-state index in [1.807, 2.05) is 19.9 Å². The molecule has 1 saturated heterocycles. The van der Waals surface area contributed by atoms with Gasteiger partial charge in [0.15, 0.2) is 0 Å². The summed E-state index contributed by atoms with van der Waals surface area (Å²) in [6.07, 6.45) is 2.31. The van der Waals surface area contributed by atoms with E-state index in [1.54, 1.807) is 0 Å². The summed E-state index contributed by atoms with van der Waals surface area (Å²) in [5.74, 6) is 0.525. The molecule has 0 aromatic carbocycles. The SMILES string of the molecule is Cc1cc(N2CC(CN)CCC2C)c(C#N)c(C)n1. The molecule has 1 fully saturated rings. The third kappa shape index (κ3) is 2.71. The molecule has 102 valence electrons. The first-order valence-corrected chi connectivity index (χ1v) is 6.91. The van der Waals surface area contributed by atoms with E-state index >= 15 is 0 Å². The Labute approximate surface area is 115 Å². The molecule has 2 atom stereocenters. The highest BCUT2D eigenvalue weighted by Gasteiger charge is 2.27. The van der Waals surface area contributed by atoms with Crippen molar-refractivity contribution in [3.05, 3.63) is 23.0 Å². The van der Waals surface area contributed by atoms with Gasteiger partial charge < -0.3 is 10.6 Å². The number of piperidine rings is 1. The van der Waals surface area contributed by atoms with Crippen molar-refractivity contribution >= 4 is 5.69 Å². The second kappa shape index (κ2) is 5.58. The first-order valence-electron chi connectivity index (χ1n) is 6.91. The average Bonchev–Trinajstić information content (AvgIpc) is 2.38. The van der Waals surface area contributed by atoms with Gasteiger partial charge in [0.1, 0.15) is 6.07 Å². The lowest BCUT2D eigenvalue weighted by molar-refractivity contribution is 0.373. The Bertz CT molecular complexity index is 504. The standard InChI is InChI=1S/C15H22N4/c1-10-6-15(14(8-17)12(3)18-10)19-9-13(7-16)5-4-11(19)2/h6,11,13H,4-5,7,9,16H2,1-3H3. The molecule has 0 amide bonds. The summed E-state index contributed by atoms with van der Waals surface area (Å²) in [5, 5.41) is 9.39. The lowest BCUT2D eigenvalue weighted by atomic mass is 9.92. The maximum Gasteiger partial charge on any atom is 0.103 e. The molecule has 0 aliphatic carbocycles. The van der Waals surface area contributed by atoms with Crippen LogP contribution in [0.2, 0.25) is 0 Å². The van der Waals surface area contributed by atoms with Crippen LogP contribution >= 0.6 is 0 Å². The van der Waals surface area contributed by atoms with E-state index in [-0.39, 0.29) is 0 Å². The molecule has 2 N–H and O–H groups in total. The van der Waals surface area contributed by atoms with Crippen LogP contribution in [0.5, 0.6) is 0 Å². The molecule has 2 unspecified atom stereocenters. The molecule has 2 heterocycles. The third-order valence-corrected chi connectivity index (χ3v) is 4.04. The first-order chi connectivity index (χ1) is 9.06. The molecule has 1 aromatic heterocycles. The number of nitriles is 1. The number of pyridine rings is 1. The smallest absolute Gasteiger partial charge is 0.103 e. The number of aromatic nitrogens is 1. The highest BCUT2D eigenvalue weighted by molar-refractivity contribution is 5.62. The summed E-state index contributed by atoms with van der Waals surface area (Å²) < 4.78 is 0. The Kier molecular flexibility index (Phi) is 4.06. The number of aryl methyl sites for hydroxylation is 2. The predicted octanol–water partition coefficient (Wildman–Crippen LogP) is 2.13. The van der Waals surface area contributed by atoms with E-state index in [1.165, 1.54) is 6.42 Å². The van der Waals surface area contributed by atoms with Crippen LogP contribution in [-0.4, -0.2) is 24.1 Å². The highest BCUT2D eigenvalue weighted by Crippen LogP contribution is 2.31. The van der Waals surface area contributed by atoms with Crippen LogP contribution in [0.3, 0.4) is 0 Å². The van der Waals surface area contributed by atoms with Gasteiger partial charge in [-0.25, -0.2) is 0 Å². The lowest BCUT2D eigenvalue weighted by Crippen LogP contribution is -2.44. The molecular formula is C15H22N4. The summed E-state index contributed by atoms with van der Waals surface area (Å²) in [5.41, 5.74) is 9.33. The fourth-order valence-electron chi connectivity index (χ4n) is 2.88. The summed E-state index contributed by atoms with van der Waals surface area (Å²) in [7, 11) is 0. The summed E-state index contributed by atoms with van der Waals surface area (Å²) >= 11 is 0. The fraction of sp³-hybridized carbons (Fsp3) is 0.600. The molecular weight excluding hydrogens is 236 g/mol. The van der Waals surface area contributed by atoms with Gasteiger partial charge in [-0.1, -0.05) is 0 Å². The highest BCUT2D eigenvalue weighted by atomic mass is 15.2. The molecule has 2 rings (SSSR count). The van der Waals surface area contributed by atoms with Gasteiger partial charge in [-0.3, -0.25) is 4.98 Å². The molecule has 0 saturated carbocycles. The average molecular weight is 258 g/mol. The fourth-order valence-corrected chi connectivity index (χ4v) is 2.88. The Balaban J connectivity index is 2.42. The van der Waals surface area contributed by atoms with Crippen molar-refractivity contribution in [2.75, 3.05) is 18.0 Å². The number of rotatable bonds is 2. The van der Waals surface area contributed by atoms with Crippen LogP contribution in [0, 0.1) is 31.1 Å². The van der Waals surface area contributed by atoms with Crippen molar-refractivity contribution in [2.45, 2.75) is 39.7 Å². The first kappa shape index (κ1) is 13.8. The Hall–Kier alpha value is -1.60. The number of hydrogen-bond acceptors (Lipinski definition) is 4. The lowest BCUT2D eigenvalue weighted by Gasteiger charge is -2.40. The van der Waals surface area contributed by atoms with E-state index in [2.05, 4.69) is 22.9 Å². The second-order valence-electron chi connectivity index (χ2n) is 5.54. The van der Waals surface area contributed by atoms with Gasteiger partial charge in [-0.2, -0.15) is 5.26 Å². The van der Waals surface area contributed by atoms with Crippen LogP contribution in [0.15, 0.2) is 6.07 Å². The zero-order chi connectivity index (χ0) is 14.0. The minimum absolute atomic E-state index is 0.455. The third-order valence-electron chi connectivity index (χ3n) is 4.04. The Morgan fingerprint density at radius 1 is 1.47 bits per heavy atom.